The zero-order valence-electron chi connectivity index (χ0n) is 23.9. The minimum absolute atomic E-state index is 0.158. The molecule has 7 nitrogen and oxygen atoms in total. The maximum Gasteiger partial charge on any atom is 0.223 e. The number of H-pyrrole nitrogens is 1. The summed E-state index contributed by atoms with van der Waals surface area (Å²) in [7, 11) is 0. The number of aromatic amines is 1. The lowest BCUT2D eigenvalue weighted by atomic mass is 9.92. The highest BCUT2D eigenvalue weighted by atomic mass is 35.5. The van der Waals surface area contributed by atoms with Crippen LogP contribution in [0.15, 0.2) is 79.1 Å². The Hall–Kier alpha value is -3.81. The molecule has 1 N–H and O–H groups in total. The quantitative estimate of drug-likeness (QED) is 0.183. The fourth-order valence-electron chi connectivity index (χ4n) is 5.27. The van der Waals surface area contributed by atoms with Gasteiger partial charge in [-0.3, -0.25) is 4.79 Å². The Bertz CT molecular complexity index is 1580. The van der Waals surface area contributed by atoms with Crippen molar-refractivity contribution in [2.45, 2.75) is 52.1 Å². The number of nitrogens with zero attached hydrogens (tertiary/aromatic N) is 4. The molecule has 42 heavy (non-hydrogen) atoms. The number of benzene rings is 3. The normalized spacial score (nSPS) is 14.3. The van der Waals surface area contributed by atoms with Gasteiger partial charge in [0.2, 0.25) is 5.91 Å². The molecule has 0 saturated carbocycles. The van der Waals surface area contributed by atoms with Crippen molar-refractivity contribution in [1.82, 2.24) is 24.9 Å². The van der Waals surface area contributed by atoms with Crippen LogP contribution in [0.5, 0.6) is 5.75 Å². The number of hydrogen-bond donors (Lipinski definition) is 1. The molecule has 2 aromatic heterocycles. The summed E-state index contributed by atoms with van der Waals surface area (Å²) in [6.07, 6.45) is 6.36. The number of amides is 1. The van der Waals surface area contributed by atoms with Gasteiger partial charge in [-0.2, -0.15) is 15.0 Å². The number of ether oxygens (including phenoxy) is 1. The van der Waals surface area contributed by atoms with E-state index in [1.807, 2.05) is 73.3 Å². The summed E-state index contributed by atoms with van der Waals surface area (Å²) in [6.45, 7) is 6.07. The first kappa shape index (κ1) is 29.7. The van der Waals surface area contributed by atoms with Crippen molar-refractivity contribution in [2.24, 2.45) is 0 Å². The van der Waals surface area contributed by atoms with Gasteiger partial charge in [0.25, 0.3) is 0 Å². The molecule has 1 unspecified atom stereocenters. The van der Waals surface area contributed by atoms with Crippen molar-refractivity contribution >= 4 is 40.0 Å². The van der Waals surface area contributed by atoms with E-state index in [2.05, 4.69) is 27.3 Å². The molecule has 1 aliphatic heterocycles. The minimum atomic E-state index is -0.158. The van der Waals surface area contributed by atoms with Gasteiger partial charge in [-0.05, 0) is 73.4 Å². The van der Waals surface area contributed by atoms with E-state index in [1.165, 1.54) is 11.1 Å². The maximum absolute atomic E-state index is 13.1. The zero-order chi connectivity index (χ0) is 29.5. The summed E-state index contributed by atoms with van der Waals surface area (Å²) in [6, 6.07) is 21.6. The molecule has 5 aromatic rings. The van der Waals surface area contributed by atoms with Gasteiger partial charge in [0, 0.05) is 46.0 Å². The summed E-state index contributed by atoms with van der Waals surface area (Å²) in [4.78, 5) is 20.3. The van der Waals surface area contributed by atoms with Crippen molar-refractivity contribution in [3.05, 3.63) is 112 Å². The van der Waals surface area contributed by atoms with E-state index >= 15 is 0 Å². The van der Waals surface area contributed by atoms with Gasteiger partial charge in [-0.25, -0.2) is 0 Å². The first-order valence-electron chi connectivity index (χ1n) is 14.3. The Morgan fingerprint density at radius 3 is 2.40 bits per heavy atom. The lowest BCUT2D eigenvalue weighted by molar-refractivity contribution is -0.133. The molecule has 0 radical (unpaired) electrons. The van der Waals surface area contributed by atoms with Crippen LogP contribution in [0, 0.1) is 6.92 Å². The average Bonchev–Trinajstić information content (AvgIpc) is 3.65. The number of aryl methyl sites for hydroxylation is 2. The summed E-state index contributed by atoms with van der Waals surface area (Å²) in [5, 5.41) is 10.9. The van der Waals surface area contributed by atoms with Crippen LogP contribution in [0.4, 0.5) is 0 Å². The molecule has 218 valence electrons. The van der Waals surface area contributed by atoms with Crippen LogP contribution >= 0.6 is 23.2 Å². The molecule has 0 bridgehead atoms. The van der Waals surface area contributed by atoms with Crippen LogP contribution in [-0.2, 0) is 17.8 Å². The molecule has 3 aromatic carbocycles. The zero-order valence-corrected chi connectivity index (χ0v) is 25.4. The van der Waals surface area contributed by atoms with Crippen LogP contribution in [0.25, 0.3) is 10.9 Å². The van der Waals surface area contributed by atoms with Gasteiger partial charge in [-0.15, -0.1) is 0 Å². The number of rotatable bonds is 8. The fraction of sp³-hybridized carbons (Fsp3) is 0.303. The van der Waals surface area contributed by atoms with Crippen LogP contribution in [0.1, 0.15) is 54.6 Å². The topological polar surface area (TPSA) is 76.0 Å². The highest BCUT2D eigenvalue weighted by Gasteiger charge is 2.34. The number of carbonyl (C=O) groups is 1. The van der Waals surface area contributed by atoms with E-state index in [0.29, 0.717) is 19.6 Å². The number of nitrogens with one attached hydrogen (secondary N) is 1. The molecular formula is C33H35Cl2N5O2. The molecule has 3 heterocycles. The number of aromatic nitrogens is 4. The van der Waals surface area contributed by atoms with E-state index in [9.17, 15) is 4.79 Å². The second-order valence-corrected chi connectivity index (χ2v) is 11.3. The third-order valence-corrected chi connectivity index (χ3v) is 7.80. The van der Waals surface area contributed by atoms with Crippen molar-refractivity contribution in [2.75, 3.05) is 13.2 Å². The third kappa shape index (κ3) is 7.15. The molecule has 0 fully saturated rings. The van der Waals surface area contributed by atoms with E-state index < -0.39 is 0 Å². The van der Waals surface area contributed by atoms with Crippen LogP contribution in [-0.4, -0.2) is 43.9 Å². The number of hydrogen-bond acceptors (Lipinski definition) is 4. The first-order valence-corrected chi connectivity index (χ1v) is 15.1. The molecule has 1 amide bonds. The standard InChI is InChI=1S/C26H28ClN5O2.C7H7Cl/c1-2-4-24(33)31-15-11-21-22-17-19(27)7-10-23(22)30-25(21)26(31)18-5-8-20(9-6-18)34-16-3-14-32-28-12-13-29-32;1-6-2-4-7(8)5-3-6/h5-10,12-13,17,26,30H,2-4,11,14-16H2,1H3;2-5H,1H3. The van der Waals surface area contributed by atoms with Crippen LogP contribution in [0.2, 0.25) is 10.0 Å². The number of carbonyl (C=O) groups excluding carboxylic acids is 1. The molecule has 9 heteroatoms. The molecular weight excluding hydrogens is 569 g/mol. The third-order valence-electron chi connectivity index (χ3n) is 7.32. The second-order valence-electron chi connectivity index (χ2n) is 10.4. The molecule has 0 spiro atoms. The summed E-state index contributed by atoms with van der Waals surface area (Å²) in [5.41, 5.74) is 5.69. The monoisotopic (exact) mass is 603 g/mol. The Balaban J connectivity index is 0.000000382. The highest BCUT2D eigenvalue weighted by Crippen LogP contribution is 2.39. The van der Waals surface area contributed by atoms with Gasteiger partial charge < -0.3 is 14.6 Å². The summed E-state index contributed by atoms with van der Waals surface area (Å²) in [5.74, 6) is 0.991. The second kappa shape index (κ2) is 13.9. The van der Waals surface area contributed by atoms with E-state index in [1.54, 1.807) is 17.2 Å². The molecule has 6 rings (SSSR count). The fourth-order valence-corrected chi connectivity index (χ4v) is 5.57. The Morgan fingerprint density at radius 1 is 1.00 bits per heavy atom. The van der Waals surface area contributed by atoms with Gasteiger partial charge in [0.15, 0.2) is 0 Å². The summed E-state index contributed by atoms with van der Waals surface area (Å²) >= 11 is 11.9. The number of halogens is 2. The van der Waals surface area contributed by atoms with Crippen LogP contribution < -0.4 is 4.74 Å². The Kier molecular flexibility index (Phi) is 9.82. The molecule has 1 aliphatic rings. The lowest BCUT2D eigenvalue weighted by Gasteiger charge is -2.36. The van der Waals surface area contributed by atoms with Gasteiger partial charge in [0.1, 0.15) is 5.75 Å². The van der Waals surface area contributed by atoms with Crippen molar-refractivity contribution in [1.29, 1.82) is 0 Å². The Labute approximate surface area is 256 Å². The SMILES string of the molecule is CCCC(=O)N1CCc2c([nH]c3ccc(Cl)cc23)C1c1ccc(OCCCn2nccn2)cc1.Cc1ccc(Cl)cc1. The van der Waals surface area contributed by atoms with Gasteiger partial charge in [-0.1, -0.05) is 60.0 Å². The summed E-state index contributed by atoms with van der Waals surface area (Å²) < 4.78 is 5.92. The highest BCUT2D eigenvalue weighted by molar-refractivity contribution is 6.31. The minimum Gasteiger partial charge on any atom is -0.494 e. The molecule has 1 atom stereocenters. The van der Waals surface area contributed by atoms with E-state index in [4.69, 9.17) is 27.9 Å². The molecule has 0 saturated heterocycles. The van der Waals surface area contributed by atoms with Crippen molar-refractivity contribution in [3.63, 3.8) is 0 Å². The predicted molar refractivity (Wildman–Crippen MR) is 168 cm³/mol. The van der Waals surface area contributed by atoms with Gasteiger partial charge in [0.05, 0.1) is 31.6 Å². The predicted octanol–water partition coefficient (Wildman–Crippen LogP) is 7.80. The van der Waals surface area contributed by atoms with E-state index in [0.717, 1.165) is 63.8 Å². The Morgan fingerprint density at radius 2 is 1.71 bits per heavy atom. The maximum atomic E-state index is 13.1. The number of fused-ring (bicyclic) bond motifs is 3. The molecule has 0 aliphatic carbocycles. The lowest BCUT2D eigenvalue weighted by Crippen LogP contribution is -2.40. The van der Waals surface area contributed by atoms with Crippen molar-refractivity contribution < 1.29 is 9.53 Å². The van der Waals surface area contributed by atoms with Crippen LogP contribution in [0.3, 0.4) is 0 Å². The largest absolute Gasteiger partial charge is 0.494 e. The smallest absolute Gasteiger partial charge is 0.223 e. The average molecular weight is 605 g/mol. The van der Waals surface area contributed by atoms with Gasteiger partial charge >= 0.3 is 0 Å². The van der Waals surface area contributed by atoms with Crippen molar-refractivity contribution in [3.8, 4) is 5.75 Å². The first-order chi connectivity index (χ1) is 20.4. The van der Waals surface area contributed by atoms with E-state index in [-0.39, 0.29) is 11.9 Å².